The maximum atomic E-state index is 2.37. The Hall–Kier alpha value is -6.74. The van der Waals surface area contributed by atoms with Crippen LogP contribution in [0.15, 0.2) is 212 Å². The highest BCUT2D eigenvalue weighted by molar-refractivity contribution is 7.25. The molecule has 0 unspecified atom stereocenters. The molecule has 1 heterocycles. The summed E-state index contributed by atoms with van der Waals surface area (Å²) in [4.78, 5) is 2.37. The van der Waals surface area contributed by atoms with Crippen molar-refractivity contribution < 1.29 is 0 Å². The predicted octanol–water partition coefficient (Wildman–Crippen LogP) is 15.3. The monoisotopic (exact) mass is 705 g/mol. The molecule has 10 rings (SSSR count). The van der Waals surface area contributed by atoms with E-state index in [0.29, 0.717) is 0 Å². The SMILES string of the molecule is c1ccc(-c2ccc(N(c3ccc(-c4ccc(-c5cccc(-c6cccc7ccccc67)c5)cc4)cc3)c3ccc4c(c3)sc3ccccc34)cc2)cc1. The fourth-order valence-electron chi connectivity index (χ4n) is 7.74. The number of hydrogen-bond donors (Lipinski definition) is 0. The van der Waals surface area contributed by atoms with Crippen molar-refractivity contribution in [2.75, 3.05) is 4.90 Å². The van der Waals surface area contributed by atoms with E-state index in [1.54, 1.807) is 0 Å². The summed E-state index contributed by atoms with van der Waals surface area (Å²) in [6.07, 6.45) is 0. The van der Waals surface area contributed by atoms with Gasteiger partial charge in [-0.15, -0.1) is 11.3 Å². The van der Waals surface area contributed by atoms with Crippen molar-refractivity contribution in [3.63, 3.8) is 0 Å². The summed E-state index contributed by atoms with van der Waals surface area (Å²) in [6.45, 7) is 0. The average Bonchev–Trinajstić information content (AvgIpc) is 3.62. The highest BCUT2D eigenvalue weighted by atomic mass is 32.1. The van der Waals surface area contributed by atoms with Crippen LogP contribution in [0.4, 0.5) is 17.1 Å². The summed E-state index contributed by atoms with van der Waals surface area (Å²) in [5, 5.41) is 5.16. The van der Waals surface area contributed by atoms with Gasteiger partial charge < -0.3 is 4.90 Å². The minimum absolute atomic E-state index is 1.12. The smallest absolute Gasteiger partial charge is 0.0476 e. The van der Waals surface area contributed by atoms with Crippen LogP contribution >= 0.6 is 11.3 Å². The Bertz CT molecular complexity index is 2900. The third-order valence-corrected chi connectivity index (χ3v) is 11.6. The first-order chi connectivity index (χ1) is 26.7. The first-order valence-electron chi connectivity index (χ1n) is 18.4. The number of rotatable bonds is 7. The molecule has 1 nitrogen and oxygen atoms in total. The maximum Gasteiger partial charge on any atom is 0.0476 e. The second-order valence-corrected chi connectivity index (χ2v) is 14.8. The number of benzene rings is 9. The van der Waals surface area contributed by atoms with Crippen LogP contribution in [0.5, 0.6) is 0 Å². The van der Waals surface area contributed by atoms with Gasteiger partial charge in [-0.1, -0.05) is 164 Å². The van der Waals surface area contributed by atoms with E-state index in [-0.39, 0.29) is 0 Å². The van der Waals surface area contributed by atoms with Crippen LogP contribution < -0.4 is 4.90 Å². The van der Waals surface area contributed by atoms with Gasteiger partial charge in [-0.2, -0.15) is 0 Å². The van der Waals surface area contributed by atoms with E-state index in [0.717, 1.165) is 17.1 Å². The van der Waals surface area contributed by atoms with E-state index < -0.39 is 0 Å². The second-order valence-electron chi connectivity index (χ2n) is 13.8. The molecule has 0 bridgehead atoms. The molecule has 0 radical (unpaired) electrons. The molecule has 0 amide bonds. The molecule has 1 aromatic heterocycles. The van der Waals surface area contributed by atoms with Crippen molar-refractivity contribution in [1.82, 2.24) is 0 Å². The van der Waals surface area contributed by atoms with Gasteiger partial charge in [0.15, 0.2) is 0 Å². The molecule has 0 aliphatic rings. The summed E-state index contributed by atoms with van der Waals surface area (Å²) >= 11 is 1.86. The Morgan fingerprint density at radius 2 is 0.759 bits per heavy atom. The molecular weight excluding hydrogens is 671 g/mol. The summed E-state index contributed by atoms with van der Waals surface area (Å²) in [7, 11) is 0. The quantitative estimate of drug-likeness (QED) is 0.160. The van der Waals surface area contributed by atoms with Crippen LogP contribution in [0.2, 0.25) is 0 Å². The fraction of sp³-hybridized carbons (Fsp3) is 0. The minimum Gasteiger partial charge on any atom is -0.310 e. The highest BCUT2D eigenvalue weighted by Gasteiger charge is 2.16. The first-order valence-corrected chi connectivity index (χ1v) is 19.2. The number of hydrogen-bond acceptors (Lipinski definition) is 2. The van der Waals surface area contributed by atoms with E-state index >= 15 is 0 Å². The zero-order valence-corrected chi connectivity index (χ0v) is 30.4. The predicted molar refractivity (Wildman–Crippen MR) is 233 cm³/mol. The van der Waals surface area contributed by atoms with Crippen molar-refractivity contribution >= 4 is 59.3 Å². The Morgan fingerprint density at radius 3 is 1.48 bits per heavy atom. The van der Waals surface area contributed by atoms with Gasteiger partial charge in [0.2, 0.25) is 0 Å². The molecule has 0 saturated carbocycles. The van der Waals surface area contributed by atoms with Gasteiger partial charge in [0.1, 0.15) is 0 Å². The average molecular weight is 706 g/mol. The molecule has 54 heavy (non-hydrogen) atoms. The van der Waals surface area contributed by atoms with Gasteiger partial charge in [0, 0.05) is 37.2 Å². The molecule has 0 aliphatic heterocycles. The molecule has 0 saturated heterocycles. The van der Waals surface area contributed by atoms with E-state index in [1.165, 1.54) is 75.5 Å². The molecular formula is C52H35NS. The molecule has 0 spiro atoms. The minimum atomic E-state index is 1.12. The van der Waals surface area contributed by atoms with E-state index in [1.807, 2.05) is 11.3 Å². The molecule has 0 N–H and O–H groups in total. The van der Waals surface area contributed by atoms with Crippen LogP contribution in [-0.2, 0) is 0 Å². The van der Waals surface area contributed by atoms with E-state index in [2.05, 4.69) is 217 Å². The summed E-state index contributed by atoms with van der Waals surface area (Å²) in [6, 6.07) is 77.1. The lowest BCUT2D eigenvalue weighted by molar-refractivity contribution is 1.29. The molecule has 0 atom stereocenters. The van der Waals surface area contributed by atoms with Crippen molar-refractivity contribution in [3.05, 3.63) is 212 Å². The van der Waals surface area contributed by atoms with Crippen molar-refractivity contribution in [3.8, 4) is 44.5 Å². The number of thiophene rings is 1. The zero-order chi connectivity index (χ0) is 35.8. The summed E-state index contributed by atoms with van der Waals surface area (Å²) < 4.78 is 2.61. The molecule has 9 aromatic carbocycles. The Kier molecular flexibility index (Phi) is 8.09. The highest BCUT2D eigenvalue weighted by Crippen LogP contribution is 2.41. The van der Waals surface area contributed by atoms with Gasteiger partial charge in [-0.25, -0.2) is 0 Å². The van der Waals surface area contributed by atoms with Crippen molar-refractivity contribution in [1.29, 1.82) is 0 Å². The summed E-state index contributed by atoms with van der Waals surface area (Å²) in [5.74, 6) is 0. The van der Waals surface area contributed by atoms with Crippen LogP contribution in [-0.4, -0.2) is 0 Å². The second kappa shape index (κ2) is 13.7. The van der Waals surface area contributed by atoms with Crippen LogP contribution in [0.3, 0.4) is 0 Å². The number of anilines is 3. The number of fused-ring (bicyclic) bond motifs is 4. The largest absolute Gasteiger partial charge is 0.310 e. The van der Waals surface area contributed by atoms with Gasteiger partial charge >= 0.3 is 0 Å². The van der Waals surface area contributed by atoms with Gasteiger partial charge in [0.05, 0.1) is 0 Å². The molecule has 0 aliphatic carbocycles. The van der Waals surface area contributed by atoms with Gasteiger partial charge in [0.25, 0.3) is 0 Å². The maximum absolute atomic E-state index is 2.37. The molecule has 10 aromatic rings. The number of nitrogens with zero attached hydrogens (tertiary/aromatic N) is 1. The van der Waals surface area contributed by atoms with Crippen molar-refractivity contribution in [2.45, 2.75) is 0 Å². The first kappa shape index (κ1) is 32.0. The third kappa shape index (κ3) is 5.93. The van der Waals surface area contributed by atoms with Crippen LogP contribution in [0.25, 0.3) is 75.5 Å². The van der Waals surface area contributed by atoms with Gasteiger partial charge in [-0.05, 0) is 104 Å². The van der Waals surface area contributed by atoms with E-state index in [9.17, 15) is 0 Å². The van der Waals surface area contributed by atoms with Crippen LogP contribution in [0, 0.1) is 0 Å². The molecule has 254 valence electrons. The zero-order valence-electron chi connectivity index (χ0n) is 29.6. The van der Waals surface area contributed by atoms with E-state index in [4.69, 9.17) is 0 Å². The Morgan fingerprint density at radius 1 is 0.278 bits per heavy atom. The Labute approximate surface area is 319 Å². The van der Waals surface area contributed by atoms with Gasteiger partial charge in [-0.3, -0.25) is 0 Å². The Balaban J connectivity index is 0.973. The summed E-state index contributed by atoms with van der Waals surface area (Å²) in [5.41, 5.74) is 13.1. The lowest BCUT2D eigenvalue weighted by Gasteiger charge is -2.26. The van der Waals surface area contributed by atoms with Crippen molar-refractivity contribution in [2.24, 2.45) is 0 Å². The molecule has 0 fully saturated rings. The topological polar surface area (TPSA) is 3.24 Å². The lowest BCUT2D eigenvalue weighted by atomic mass is 9.94. The fourth-order valence-corrected chi connectivity index (χ4v) is 8.88. The normalized spacial score (nSPS) is 11.3. The van der Waals surface area contributed by atoms with Crippen LogP contribution in [0.1, 0.15) is 0 Å². The molecule has 2 heteroatoms. The lowest BCUT2D eigenvalue weighted by Crippen LogP contribution is -2.09. The standard InChI is InChI=1S/C52H35NS/c1-2-10-36(11-3-1)38-24-28-44(29-25-38)53(46-32-33-50-49-17-6-7-19-51(49)54-52(50)35-46)45-30-26-39(27-31-45)37-20-22-40(23-21-37)42-14-8-15-43(34-42)48-18-9-13-41-12-4-5-16-47(41)48/h1-35H. The third-order valence-electron chi connectivity index (χ3n) is 10.5.